The molecule has 0 saturated carbocycles. The van der Waals surface area contributed by atoms with E-state index in [9.17, 15) is 19.2 Å². The number of carbonyl (C=O) groups excluding carboxylic acids is 3. The van der Waals surface area contributed by atoms with E-state index in [1.807, 2.05) is 30.3 Å². The van der Waals surface area contributed by atoms with Gasteiger partial charge in [-0.15, -0.1) is 0 Å². The summed E-state index contributed by atoms with van der Waals surface area (Å²) >= 11 is 0. The third-order valence-electron chi connectivity index (χ3n) is 4.62. The Morgan fingerprint density at radius 2 is 1.93 bits per heavy atom. The van der Waals surface area contributed by atoms with Crippen molar-refractivity contribution in [3.05, 3.63) is 58.4 Å². The molecule has 2 aromatic carbocycles. The lowest BCUT2D eigenvalue weighted by Gasteiger charge is -2.14. The fourth-order valence-corrected chi connectivity index (χ4v) is 3.29. The summed E-state index contributed by atoms with van der Waals surface area (Å²) < 4.78 is 10.5. The first-order valence-corrected chi connectivity index (χ1v) is 8.59. The zero-order valence-electron chi connectivity index (χ0n) is 15.0. The Hall–Kier alpha value is -3.68. The first-order valence-electron chi connectivity index (χ1n) is 8.59. The first kappa shape index (κ1) is 17.7. The molecule has 3 aromatic rings. The van der Waals surface area contributed by atoms with Crippen molar-refractivity contribution in [2.24, 2.45) is 0 Å². The van der Waals surface area contributed by atoms with Crippen LogP contribution in [-0.4, -0.2) is 47.8 Å². The maximum Gasteiger partial charge on any atom is 0.336 e. The van der Waals surface area contributed by atoms with Crippen molar-refractivity contribution in [3.63, 3.8) is 0 Å². The van der Waals surface area contributed by atoms with Gasteiger partial charge in [-0.2, -0.15) is 0 Å². The van der Waals surface area contributed by atoms with Gasteiger partial charge in [0.2, 0.25) is 0 Å². The maximum atomic E-state index is 12.2. The summed E-state index contributed by atoms with van der Waals surface area (Å²) in [6.45, 7) is -0.717. The highest BCUT2D eigenvalue weighted by atomic mass is 16.5. The van der Waals surface area contributed by atoms with Crippen molar-refractivity contribution in [1.29, 1.82) is 0 Å². The Morgan fingerprint density at radius 1 is 1.14 bits per heavy atom. The van der Waals surface area contributed by atoms with Gasteiger partial charge in [0, 0.05) is 24.1 Å². The molecule has 0 spiro atoms. The molecule has 0 bridgehead atoms. The predicted molar refractivity (Wildman–Crippen MR) is 99.5 cm³/mol. The van der Waals surface area contributed by atoms with E-state index in [0.29, 0.717) is 16.5 Å². The molecule has 8 nitrogen and oxygen atoms in total. The standard InChI is InChI=1S/C20H16N2O6/c1-21-9-16(23)22(20(21)26)10-18(25)27-11-13-8-17(24)28-15-7-6-12-4-2-3-5-14(12)19(13)15/h2-8H,9-11H2,1H3. The quantitative estimate of drug-likeness (QED) is 0.297. The van der Waals surface area contributed by atoms with Crippen molar-refractivity contribution in [2.75, 3.05) is 20.1 Å². The van der Waals surface area contributed by atoms with Crippen LogP contribution in [0.15, 0.2) is 51.7 Å². The fourth-order valence-electron chi connectivity index (χ4n) is 3.29. The van der Waals surface area contributed by atoms with E-state index in [-0.39, 0.29) is 13.2 Å². The molecule has 2 heterocycles. The van der Waals surface area contributed by atoms with Crippen LogP contribution in [0.4, 0.5) is 4.79 Å². The molecule has 1 saturated heterocycles. The second kappa shape index (κ2) is 6.80. The molecule has 1 aromatic heterocycles. The maximum absolute atomic E-state index is 12.2. The Morgan fingerprint density at radius 3 is 2.68 bits per heavy atom. The summed E-state index contributed by atoms with van der Waals surface area (Å²) in [6, 6.07) is 11.9. The number of hydrogen-bond acceptors (Lipinski definition) is 6. The summed E-state index contributed by atoms with van der Waals surface area (Å²) in [5, 5.41) is 2.49. The molecule has 1 aliphatic rings. The highest BCUT2D eigenvalue weighted by Crippen LogP contribution is 2.27. The number of rotatable bonds is 4. The van der Waals surface area contributed by atoms with Gasteiger partial charge in [-0.25, -0.2) is 9.59 Å². The Balaban J connectivity index is 1.60. The fraction of sp³-hybridized carbons (Fsp3) is 0.200. The SMILES string of the molecule is CN1CC(=O)N(CC(=O)OCc2cc(=O)oc3ccc4ccccc4c23)C1=O. The number of likely N-dealkylation sites (N-methyl/N-ethyl adjacent to an activating group) is 1. The zero-order valence-corrected chi connectivity index (χ0v) is 15.0. The molecule has 1 aliphatic heterocycles. The molecule has 0 radical (unpaired) electrons. The second-order valence-electron chi connectivity index (χ2n) is 6.53. The molecule has 0 atom stereocenters. The molecule has 3 amide bonds. The monoisotopic (exact) mass is 380 g/mol. The summed E-state index contributed by atoms with van der Waals surface area (Å²) in [6.07, 6.45) is 0. The van der Waals surface area contributed by atoms with Gasteiger partial charge in [0.15, 0.2) is 0 Å². The Bertz CT molecular complexity index is 1180. The van der Waals surface area contributed by atoms with Gasteiger partial charge >= 0.3 is 17.6 Å². The van der Waals surface area contributed by atoms with Gasteiger partial charge in [-0.1, -0.05) is 30.3 Å². The molecule has 0 unspecified atom stereocenters. The molecule has 8 heteroatoms. The smallest absolute Gasteiger partial charge is 0.336 e. The topological polar surface area (TPSA) is 97.1 Å². The third-order valence-corrected chi connectivity index (χ3v) is 4.62. The van der Waals surface area contributed by atoms with Crippen LogP contribution in [0.3, 0.4) is 0 Å². The lowest BCUT2D eigenvalue weighted by atomic mass is 10.0. The van der Waals surface area contributed by atoms with Gasteiger partial charge in [-0.3, -0.25) is 14.5 Å². The van der Waals surface area contributed by atoms with Crippen LogP contribution < -0.4 is 5.63 Å². The van der Waals surface area contributed by atoms with Crippen molar-refractivity contribution in [1.82, 2.24) is 9.80 Å². The largest absolute Gasteiger partial charge is 0.459 e. The molecule has 28 heavy (non-hydrogen) atoms. The lowest BCUT2D eigenvalue weighted by molar-refractivity contribution is -0.147. The highest BCUT2D eigenvalue weighted by Gasteiger charge is 2.35. The Labute approximate surface area is 158 Å². The van der Waals surface area contributed by atoms with Gasteiger partial charge in [0.25, 0.3) is 5.91 Å². The van der Waals surface area contributed by atoms with E-state index in [2.05, 4.69) is 0 Å². The van der Waals surface area contributed by atoms with Crippen molar-refractivity contribution >= 4 is 39.6 Å². The van der Waals surface area contributed by atoms with E-state index >= 15 is 0 Å². The number of ether oxygens (including phenoxy) is 1. The highest BCUT2D eigenvalue weighted by molar-refractivity contribution is 6.07. The van der Waals surface area contributed by atoms with E-state index in [4.69, 9.17) is 9.15 Å². The van der Waals surface area contributed by atoms with Crippen LogP contribution >= 0.6 is 0 Å². The average molecular weight is 380 g/mol. The minimum Gasteiger partial charge on any atom is -0.459 e. The number of fused-ring (bicyclic) bond motifs is 3. The molecule has 4 rings (SSSR count). The number of benzene rings is 2. The van der Waals surface area contributed by atoms with Gasteiger partial charge in [-0.05, 0) is 16.8 Å². The normalized spacial score (nSPS) is 14.3. The molecular weight excluding hydrogens is 364 g/mol. The summed E-state index contributed by atoms with van der Waals surface area (Å²) in [5.74, 6) is -1.19. The second-order valence-corrected chi connectivity index (χ2v) is 6.53. The molecule has 142 valence electrons. The van der Waals surface area contributed by atoms with Gasteiger partial charge in [0.05, 0.1) is 0 Å². The van der Waals surface area contributed by atoms with E-state index in [0.717, 1.165) is 15.7 Å². The molecular formula is C20H16N2O6. The molecule has 1 fully saturated rings. The van der Waals surface area contributed by atoms with Crippen LogP contribution in [0.1, 0.15) is 5.56 Å². The van der Waals surface area contributed by atoms with E-state index in [1.54, 1.807) is 6.07 Å². The Kier molecular flexibility index (Phi) is 4.31. The van der Waals surface area contributed by atoms with E-state index in [1.165, 1.54) is 18.0 Å². The first-order chi connectivity index (χ1) is 13.4. The van der Waals surface area contributed by atoms with E-state index < -0.39 is 30.1 Å². The van der Waals surface area contributed by atoms with Gasteiger partial charge in [0.1, 0.15) is 25.3 Å². The minimum absolute atomic E-state index is 0.0670. The van der Waals surface area contributed by atoms with Gasteiger partial charge < -0.3 is 14.1 Å². The number of urea groups is 1. The average Bonchev–Trinajstić information content (AvgIpc) is 2.91. The zero-order chi connectivity index (χ0) is 19.8. The number of carbonyl (C=O) groups is 3. The summed E-state index contributed by atoms with van der Waals surface area (Å²) in [4.78, 5) is 49.7. The number of hydrogen-bond donors (Lipinski definition) is 0. The van der Waals surface area contributed by atoms with Crippen molar-refractivity contribution < 1.29 is 23.5 Å². The predicted octanol–water partition coefficient (Wildman–Crippen LogP) is 1.88. The lowest BCUT2D eigenvalue weighted by Crippen LogP contribution is -2.36. The van der Waals surface area contributed by atoms with Crippen LogP contribution in [0.5, 0.6) is 0 Å². The van der Waals surface area contributed by atoms with Crippen molar-refractivity contribution in [2.45, 2.75) is 6.61 Å². The van der Waals surface area contributed by atoms with Crippen LogP contribution in [0.25, 0.3) is 21.7 Å². The summed E-state index contributed by atoms with van der Waals surface area (Å²) in [7, 11) is 1.48. The molecule has 0 aliphatic carbocycles. The molecule has 0 N–H and O–H groups in total. The number of amides is 3. The number of imide groups is 1. The number of esters is 1. The minimum atomic E-state index is -0.737. The van der Waals surface area contributed by atoms with Crippen LogP contribution in [0.2, 0.25) is 0 Å². The van der Waals surface area contributed by atoms with Crippen molar-refractivity contribution in [3.8, 4) is 0 Å². The summed E-state index contributed by atoms with van der Waals surface area (Å²) in [5.41, 5.74) is 0.330. The van der Waals surface area contributed by atoms with Crippen LogP contribution in [-0.2, 0) is 20.9 Å². The third kappa shape index (κ3) is 3.09. The van der Waals surface area contributed by atoms with Crippen LogP contribution in [0, 0.1) is 0 Å². The number of nitrogens with zero attached hydrogens (tertiary/aromatic N) is 2.